The number of H-pyrrole nitrogens is 1. The van der Waals surface area contributed by atoms with E-state index in [2.05, 4.69) is 22.9 Å². The number of benzene rings is 2. The van der Waals surface area contributed by atoms with Gasteiger partial charge in [0.2, 0.25) is 0 Å². The number of hydrogen-bond acceptors (Lipinski definition) is 3. The molecule has 3 aromatic rings. The van der Waals surface area contributed by atoms with Gasteiger partial charge in [0.15, 0.2) is 5.78 Å². The summed E-state index contributed by atoms with van der Waals surface area (Å²) in [4.78, 5) is 30.0. The van der Waals surface area contributed by atoms with Crippen LogP contribution in [0.1, 0.15) is 42.1 Å². The Bertz CT molecular complexity index is 1090. The molecule has 1 N–H and O–H groups in total. The van der Waals surface area contributed by atoms with Crippen LogP contribution in [-0.2, 0) is 6.42 Å². The third-order valence-corrected chi connectivity index (χ3v) is 5.71. The molecule has 2 aromatic carbocycles. The minimum atomic E-state index is -0.0782. The molecule has 4 rings (SSSR count). The van der Waals surface area contributed by atoms with Crippen molar-refractivity contribution in [3.05, 3.63) is 76.2 Å². The molecular formula is C24H27N3O2. The molecule has 5 nitrogen and oxygen atoms in total. The van der Waals surface area contributed by atoms with Crippen LogP contribution in [0.3, 0.4) is 0 Å². The smallest absolute Gasteiger partial charge is 0.305 e. The van der Waals surface area contributed by atoms with E-state index in [1.165, 1.54) is 5.56 Å². The summed E-state index contributed by atoms with van der Waals surface area (Å²) in [5, 5.41) is 0. The average molecular weight is 389 g/mol. The lowest BCUT2D eigenvalue weighted by Crippen LogP contribution is -2.32. The van der Waals surface area contributed by atoms with E-state index < -0.39 is 0 Å². The average Bonchev–Trinajstić information content (AvgIpc) is 3.10. The molecule has 0 fully saturated rings. The number of para-hydroxylation sites is 2. The Morgan fingerprint density at radius 1 is 1.10 bits per heavy atom. The first-order valence-corrected chi connectivity index (χ1v) is 10.4. The van der Waals surface area contributed by atoms with Crippen LogP contribution in [0.4, 0.5) is 0 Å². The highest BCUT2D eigenvalue weighted by Crippen LogP contribution is 2.20. The second kappa shape index (κ2) is 8.62. The Kier molecular flexibility index (Phi) is 5.76. The Labute approximate surface area is 170 Å². The molecule has 1 aromatic heterocycles. The van der Waals surface area contributed by atoms with Gasteiger partial charge in [-0.2, -0.15) is 0 Å². The maximum Gasteiger partial charge on any atom is 0.330 e. The van der Waals surface area contributed by atoms with Crippen molar-refractivity contribution in [2.24, 2.45) is 0 Å². The molecule has 0 saturated heterocycles. The number of fused-ring (bicyclic) bond motifs is 1. The van der Waals surface area contributed by atoms with Gasteiger partial charge in [-0.15, -0.1) is 0 Å². The minimum Gasteiger partial charge on any atom is -0.305 e. The topological polar surface area (TPSA) is 58.1 Å². The first-order valence-electron chi connectivity index (χ1n) is 10.4. The summed E-state index contributed by atoms with van der Waals surface area (Å²) in [7, 11) is 0. The normalized spacial score (nSPS) is 14.9. The zero-order valence-electron chi connectivity index (χ0n) is 16.9. The van der Waals surface area contributed by atoms with Gasteiger partial charge in [0.05, 0.1) is 11.0 Å². The Morgan fingerprint density at radius 2 is 1.90 bits per heavy atom. The van der Waals surface area contributed by atoms with Crippen LogP contribution >= 0.6 is 0 Å². The van der Waals surface area contributed by atoms with Gasteiger partial charge in [0, 0.05) is 37.2 Å². The zero-order chi connectivity index (χ0) is 20.2. The van der Waals surface area contributed by atoms with Crippen molar-refractivity contribution in [3.63, 3.8) is 0 Å². The first kappa shape index (κ1) is 19.4. The standard InChI is InChI=1S/C24H27N3O2/c1-2-18-9-11-19(12-10-18)23(28)8-5-15-26-16-13-20(14-17-26)27-22-7-4-3-6-21(22)25-24(27)29/h3-4,6-7,9-13H,2,5,8,14-17H2,1H3,(H,25,29). The summed E-state index contributed by atoms with van der Waals surface area (Å²) >= 11 is 0. The molecule has 0 radical (unpaired) electrons. The van der Waals surface area contributed by atoms with Crippen molar-refractivity contribution in [2.45, 2.75) is 32.6 Å². The number of nitrogens with one attached hydrogen (secondary N) is 1. The molecule has 1 aliphatic heterocycles. The number of hydrogen-bond donors (Lipinski definition) is 1. The van der Waals surface area contributed by atoms with Crippen LogP contribution in [-0.4, -0.2) is 39.9 Å². The van der Waals surface area contributed by atoms with Crippen molar-refractivity contribution in [3.8, 4) is 0 Å². The molecule has 0 aliphatic carbocycles. The van der Waals surface area contributed by atoms with Crippen LogP contribution in [0.15, 0.2) is 59.4 Å². The summed E-state index contributed by atoms with van der Waals surface area (Å²) in [5.41, 5.74) is 4.83. The fraction of sp³-hybridized carbons (Fsp3) is 0.333. The molecule has 5 heteroatoms. The minimum absolute atomic E-state index is 0.0782. The quantitative estimate of drug-likeness (QED) is 0.619. The molecule has 0 atom stereocenters. The first-order chi connectivity index (χ1) is 14.2. The Balaban J connectivity index is 1.32. The van der Waals surface area contributed by atoms with Gasteiger partial charge in [-0.05, 0) is 37.1 Å². The van der Waals surface area contributed by atoms with E-state index in [1.54, 1.807) is 4.57 Å². The van der Waals surface area contributed by atoms with Crippen molar-refractivity contribution >= 4 is 22.5 Å². The highest BCUT2D eigenvalue weighted by atomic mass is 16.1. The second-order valence-corrected chi connectivity index (χ2v) is 7.61. The number of Topliss-reactive ketones (excluding diaryl/α,β-unsaturated/α-hetero) is 1. The monoisotopic (exact) mass is 389 g/mol. The predicted molar refractivity (Wildman–Crippen MR) is 117 cm³/mol. The van der Waals surface area contributed by atoms with E-state index in [-0.39, 0.29) is 11.5 Å². The number of imidazole rings is 1. The third kappa shape index (κ3) is 4.25. The van der Waals surface area contributed by atoms with E-state index in [9.17, 15) is 9.59 Å². The number of aromatic amines is 1. The maximum absolute atomic E-state index is 12.4. The van der Waals surface area contributed by atoms with Crippen LogP contribution in [0.5, 0.6) is 0 Å². The van der Waals surface area contributed by atoms with Gasteiger partial charge in [-0.25, -0.2) is 4.79 Å². The lowest BCUT2D eigenvalue weighted by Gasteiger charge is -2.26. The van der Waals surface area contributed by atoms with Crippen molar-refractivity contribution in [1.29, 1.82) is 0 Å². The predicted octanol–water partition coefficient (Wildman–Crippen LogP) is 4.10. The van der Waals surface area contributed by atoms with Crippen LogP contribution < -0.4 is 5.69 Å². The summed E-state index contributed by atoms with van der Waals surface area (Å²) in [6, 6.07) is 15.7. The highest BCUT2D eigenvalue weighted by molar-refractivity contribution is 5.96. The summed E-state index contributed by atoms with van der Waals surface area (Å²) < 4.78 is 1.79. The maximum atomic E-state index is 12.4. The molecule has 0 unspecified atom stereocenters. The fourth-order valence-corrected chi connectivity index (χ4v) is 3.98. The van der Waals surface area contributed by atoms with Gasteiger partial charge in [-0.3, -0.25) is 14.3 Å². The molecule has 0 spiro atoms. The SMILES string of the molecule is CCc1ccc(C(=O)CCCN2CC=C(n3c(=O)[nH]c4ccccc43)CC2)cc1. The molecule has 0 bridgehead atoms. The number of aromatic nitrogens is 2. The number of rotatable bonds is 7. The lowest BCUT2D eigenvalue weighted by molar-refractivity contribution is 0.0975. The molecule has 29 heavy (non-hydrogen) atoms. The summed E-state index contributed by atoms with van der Waals surface area (Å²) in [5.74, 6) is 0.214. The van der Waals surface area contributed by atoms with Crippen LogP contribution in [0.2, 0.25) is 0 Å². The van der Waals surface area contributed by atoms with E-state index in [4.69, 9.17) is 0 Å². The molecule has 1 aliphatic rings. The third-order valence-electron chi connectivity index (χ3n) is 5.71. The molecule has 0 saturated carbocycles. The van der Waals surface area contributed by atoms with Gasteiger partial charge >= 0.3 is 5.69 Å². The van der Waals surface area contributed by atoms with Gasteiger partial charge in [0.1, 0.15) is 0 Å². The lowest BCUT2D eigenvalue weighted by atomic mass is 10.0. The van der Waals surface area contributed by atoms with E-state index in [0.717, 1.165) is 61.2 Å². The van der Waals surface area contributed by atoms with E-state index >= 15 is 0 Å². The molecule has 150 valence electrons. The van der Waals surface area contributed by atoms with Crippen molar-refractivity contribution in [2.75, 3.05) is 19.6 Å². The molecule has 2 heterocycles. The molecule has 0 amide bonds. The zero-order valence-corrected chi connectivity index (χ0v) is 16.9. The number of carbonyl (C=O) groups is 1. The van der Waals surface area contributed by atoms with E-state index in [0.29, 0.717) is 6.42 Å². The van der Waals surface area contributed by atoms with E-state index in [1.807, 2.05) is 48.5 Å². The van der Waals surface area contributed by atoms with Gasteiger partial charge < -0.3 is 4.98 Å². The summed E-state index contributed by atoms with van der Waals surface area (Å²) in [6.07, 6.45) is 5.37. The molecular weight excluding hydrogens is 362 g/mol. The van der Waals surface area contributed by atoms with Crippen LogP contribution in [0, 0.1) is 0 Å². The number of carbonyl (C=O) groups excluding carboxylic acids is 1. The largest absolute Gasteiger partial charge is 0.330 e. The fourth-order valence-electron chi connectivity index (χ4n) is 3.98. The number of ketones is 1. The van der Waals surface area contributed by atoms with Gasteiger partial charge in [0.25, 0.3) is 0 Å². The Morgan fingerprint density at radius 3 is 2.62 bits per heavy atom. The van der Waals surface area contributed by atoms with Gasteiger partial charge in [-0.1, -0.05) is 49.4 Å². The number of nitrogens with zero attached hydrogens (tertiary/aromatic N) is 2. The van der Waals surface area contributed by atoms with Crippen LogP contribution in [0.25, 0.3) is 16.7 Å². The Hall–Kier alpha value is -2.92. The summed E-state index contributed by atoms with van der Waals surface area (Å²) in [6.45, 7) is 4.72. The highest BCUT2D eigenvalue weighted by Gasteiger charge is 2.17. The van der Waals surface area contributed by atoms with Crippen molar-refractivity contribution in [1.82, 2.24) is 14.5 Å². The number of aryl methyl sites for hydroxylation is 1. The van der Waals surface area contributed by atoms with Crippen molar-refractivity contribution < 1.29 is 4.79 Å². The second-order valence-electron chi connectivity index (χ2n) is 7.61.